The van der Waals surface area contributed by atoms with E-state index in [2.05, 4.69) is 4.98 Å². The number of hydrogen-bond acceptors (Lipinski definition) is 5. The molecule has 2 aliphatic heterocycles. The van der Waals surface area contributed by atoms with Gasteiger partial charge in [-0.3, -0.25) is 4.79 Å². The molecule has 8 nitrogen and oxygen atoms in total. The number of aryl methyl sites for hydroxylation is 1. The Bertz CT molecular complexity index is 956. The quantitative estimate of drug-likeness (QED) is 0.699. The predicted molar refractivity (Wildman–Crippen MR) is 115 cm³/mol. The van der Waals surface area contributed by atoms with Crippen molar-refractivity contribution in [3.63, 3.8) is 0 Å². The zero-order chi connectivity index (χ0) is 24.8. The Morgan fingerprint density at radius 2 is 1.94 bits per heavy atom. The summed E-state index contributed by atoms with van der Waals surface area (Å²) in [6, 6.07) is 9.50. The van der Waals surface area contributed by atoms with E-state index in [1.807, 2.05) is 53.0 Å². The van der Waals surface area contributed by atoms with Gasteiger partial charge in [0.1, 0.15) is 5.69 Å². The molecule has 1 amide bonds. The van der Waals surface area contributed by atoms with E-state index < -0.39 is 12.1 Å². The van der Waals surface area contributed by atoms with Gasteiger partial charge in [-0.25, -0.2) is 9.78 Å². The van der Waals surface area contributed by atoms with Crippen molar-refractivity contribution in [3.8, 4) is 5.88 Å². The summed E-state index contributed by atoms with van der Waals surface area (Å²) in [5.41, 5.74) is 0.650. The smallest absolute Gasteiger partial charge is 0.478 e. The highest BCUT2D eigenvalue weighted by atomic mass is 19.4. The molecule has 2 aromatic rings. The van der Waals surface area contributed by atoms with Gasteiger partial charge in [0.25, 0.3) is 5.91 Å². The number of pyridine rings is 1. The molecular formula is C23H28F3N3O5. The first kappa shape index (κ1) is 25.5. The van der Waals surface area contributed by atoms with Gasteiger partial charge >= 0.3 is 12.1 Å². The second-order valence-electron chi connectivity index (χ2n) is 8.30. The SMILES string of the molecule is Cn1cccc1C(=O)N1CCC2(CC1)OCCC2CCOc1ccccn1.O=C(O)C(F)(F)F. The first-order valence-corrected chi connectivity index (χ1v) is 11.0. The monoisotopic (exact) mass is 483 g/mol. The second kappa shape index (κ2) is 10.9. The fourth-order valence-electron chi connectivity index (χ4n) is 4.42. The van der Waals surface area contributed by atoms with Crippen LogP contribution in [0.5, 0.6) is 5.88 Å². The lowest BCUT2D eigenvalue weighted by molar-refractivity contribution is -0.192. The molecular weight excluding hydrogens is 455 g/mol. The molecule has 11 heteroatoms. The summed E-state index contributed by atoms with van der Waals surface area (Å²) < 4.78 is 45.6. The van der Waals surface area contributed by atoms with Crippen LogP contribution in [0.15, 0.2) is 42.7 Å². The summed E-state index contributed by atoms with van der Waals surface area (Å²) >= 11 is 0. The number of carbonyl (C=O) groups is 2. The van der Waals surface area contributed by atoms with Crippen molar-refractivity contribution in [2.75, 3.05) is 26.3 Å². The number of hydrogen-bond donors (Lipinski definition) is 1. The minimum Gasteiger partial charge on any atom is -0.478 e. The fourth-order valence-corrected chi connectivity index (χ4v) is 4.42. The van der Waals surface area contributed by atoms with Crippen LogP contribution < -0.4 is 4.74 Å². The number of carbonyl (C=O) groups excluding carboxylic acids is 1. The van der Waals surface area contributed by atoms with Crippen molar-refractivity contribution in [1.29, 1.82) is 0 Å². The van der Waals surface area contributed by atoms with Crippen LogP contribution in [0.3, 0.4) is 0 Å². The van der Waals surface area contributed by atoms with Crippen LogP contribution in [0.4, 0.5) is 13.2 Å². The van der Waals surface area contributed by atoms with Crippen molar-refractivity contribution in [2.45, 2.75) is 37.5 Å². The average molecular weight is 483 g/mol. The number of rotatable bonds is 5. The number of ether oxygens (including phenoxy) is 2. The Hall–Kier alpha value is -3.08. The van der Waals surface area contributed by atoms with E-state index in [1.165, 1.54) is 0 Å². The molecule has 2 fully saturated rings. The number of aromatic nitrogens is 2. The van der Waals surface area contributed by atoms with Gasteiger partial charge in [0, 0.05) is 45.2 Å². The maximum Gasteiger partial charge on any atom is 0.490 e. The summed E-state index contributed by atoms with van der Waals surface area (Å²) in [6.45, 7) is 2.96. The minimum atomic E-state index is -5.08. The Labute approximate surface area is 195 Å². The molecule has 1 N–H and O–H groups in total. The molecule has 2 saturated heterocycles. The van der Waals surface area contributed by atoms with Gasteiger partial charge in [0.15, 0.2) is 0 Å². The summed E-state index contributed by atoms with van der Waals surface area (Å²) in [5, 5.41) is 7.12. The van der Waals surface area contributed by atoms with E-state index in [9.17, 15) is 18.0 Å². The first-order valence-electron chi connectivity index (χ1n) is 11.0. The molecule has 1 unspecified atom stereocenters. The van der Waals surface area contributed by atoms with Crippen molar-refractivity contribution in [1.82, 2.24) is 14.5 Å². The molecule has 34 heavy (non-hydrogen) atoms. The Balaban J connectivity index is 0.000000406. The third-order valence-electron chi connectivity index (χ3n) is 6.26. The van der Waals surface area contributed by atoms with Gasteiger partial charge in [0.2, 0.25) is 5.88 Å². The highest BCUT2D eigenvalue weighted by molar-refractivity contribution is 5.92. The van der Waals surface area contributed by atoms with Crippen LogP contribution in [0.25, 0.3) is 0 Å². The summed E-state index contributed by atoms with van der Waals surface area (Å²) in [4.78, 5) is 27.8. The maximum atomic E-state index is 12.7. The van der Waals surface area contributed by atoms with Gasteiger partial charge in [-0.1, -0.05) is 6.07 Å². The number of piperidine rings is 1. The van der Waals surface area contributed by atoms with Crippen LogP contribution in [-0.2, 0) is 16.6 Å². The number of halogens is 3. The number of likely N-dealkylation sites (tertiary alicyclic amines) is 1. The summed E-state index contributed by atoms with van der Waals surface area (Å²) in [5.74, 6) is -1.49. The van der Waals surface area contributed by atoms with E-state index in [1.54, 1.807) is 6.20 Å². The number of carboxylic acid groups (broad SMARTS) is 1. The minimum absolute atomic E-state index is 0.0987. The van der Waals surface area contributed by atoms with Crippen LogP contribution in [0, 0.1) is 5.92 Å². The Morgan fingerprint density at radius 1 is 1.24 bits per heavy atom. The molecule has 0 radical (unpaired) electrons. The van der Waals surface area contributed by atoms with Crippen LogP contribution in [0.1, 0.15) is 36.2 Å². The summed E-state index contributed by atoms with van der Waals surface area (Å²) in [6.07, 6.45) is 2.40. The third kappa shape index (κ3) is 6.28. The molecule has 0 bridgehead atoms. The zero-order valence-electron chi connectivity index (χ0n) is 18.8. The van der Waals surface area contributed by atoms with E-state index in [-0.39, 0.29) is 11.5 Å². The molecule has 0 saturated carbocycles. The van der Waals surface area contributed by atoms with Crippen LogP contribution in [0.2, 0.25) is 0 Å². The van der Waals surface area contributed by atoms with Gasteiger partial charge < -0.3 is 24.0 Å². The standard InChI is InChI=1S/C21H27N3O3.C2HF3O2/c1-23-12-4-5-18(23)20(25)24-13-9-21(10-14-24)17(8-16-27-21)7-15-26-19-6-2-3-11-22-19;3-2(4,5)1(6)7/h2-6,11-12,17H,7-10,13-16H2,1H3;(H,6,7). The fraction of sp³-hybridized carbons (Fsp3) is 0.522. The molecule has 1 atom stereocenters. The topological polar surface area (TPSA) is 93.9 Å². The molecule has 0 aliphatic carbocycles. The largest absolute Gasteiger partial charge is 0.490 e. The van der Waals surface area contributed by atoms with Crippen molar-refractivity contribution >= 4 is 11.9 Å². The number of amides is 1. The first-order chi connectivity index (χ1) is 16.1. The second-order valence-corrected chi connectivity index (χ2v) is 8.30. The van der Waals surface area contributed by atoms with E-state index in [4.69, 9.17) is 19.4 Å². The highest BCUT2D eigenvalue weighted by Gasteiger charge is 2.46. The molecule has 2 aromatic heterocycles. The molecule has 4 heterocycles. The highest BCUT2D eigenvalue weighted by Crippen LogP contribution is 2.42. The number of alkyl halides is 3. The number of aliphatic carboxylic acids is 1. The Morgan fingerprint density at radius 3 is 2.50 bits per heavy atom. The Kier molecular flexibility index (Phi) is 8.19. The number of carboxylic acids is 1. The lowest BCUT2D eigenvalue weighted by Gasteiger charge is -2.42. The van der Waals surface area contributed by atoms with Gasteiger partial charge in [-0.2, -0.15) is 13.2 Å². The maximum absolute atomic E-state index is 12.7. The molecule has 2 aliphatic rings. The zero-order valence-corrected chi connectivity index (χ0v) is 18.8. The van der Waals surface area contributed by atoms with Crippen LogP contribution in [-0.4, -0.2) is 69.5 Å². The molecule has 0 aromatic carbocycles. The predicted octanol–water partition coefficient (Wildman–Crippen LogP) is 3.53. The third-order valence-corrected chi connectivity index (χ3v) is 6.26. The van der Waals surface area contributed by atoms with Gasteiger partial charge in [-0.15, -0.1) is 0 Å². The number of nitrogens with zero attached hydrogens (tertiary/aromatic N) is 3. The molecule has 1 spiro atoms. The van der Waals surface area contributed by atoms with Crippen molar-refractivity contribution in [3.05, 3.63) is 48.4 Å². The van der Waals surface area contributed by atoms with Gasteiger partial charge in [-0.05, 0) is 49.8 Å². The summed E-state index contributed by atoms with van der Waals surface area (Å²) in [7, 11) is 1.91. The lowest BCUT2D eigenvalue weighted by Crippen LogP contribution is -2.49. The molecule has 186 valence electrons. The van der Waals surface area contributed by atoms with Crippen LogP contribution >= 0.6 is 0 Å². The lowest BCUT2D eigenvalue weighted by atomic mass is 9.78. The van der Waals surface area contributed by atoms with E-state index in [0.29, 0.717) is 18.4 Å². The van der Waals surface area contributed by atoms with Gasteiger partial charge in [0.05, 0.1) is 12.2 Å². The van der Waals surface area contributed by atoms with Crippen molar-refractivity contribution in [2.24, 2.45) is 13.0 Å². The average Bonchev–Trinajstić information content (AvgIpc) is 3.40. The van der Waals surface area contributed by atoms with E-state index in [0.717, 1.165) is 51.1 Å². The molecule has 4 rings (SSSR count). The van der Waals surface area contributed by atoms with E-state index >= 15 is 0 Å². The normalized spacial score (nSPS) is 19.4. The van der Waals surface area contributed by atoms with Crippen molar-refractivity contribution < 1.29 is 37.3 Å².